The summed E-state index contributed by atoms with van der Waals surface area (Å²) in [5, 5.41) is 0. The highest BCUT2D eigenvalue weighted by Crippen LogP contribution is 2.15. The number of carbonyl (C=O) groups is 2. The van der Waals surface area contributed by atoms with Crippen LogP contribution < -0.4 is 9.47 Å². The van der Waals surface area contributed by atoms with Gasteiger partial charge in [-0.2, -0.15) is 0 Å². The summed E-state index contributed by atoms with van der Waals surface area (Å²) < 4.78 is 10.1. The van der Waals surface area contributed by atoms with Gasteiger partial charge in [-0.25, -0.2) is 9.59 Å². The summed E-state index contributed by atoms with van der Waals surface area (Å²) in [6, 6.07) is 17.0. The van der Waals surface area contributed by atoms with E-state index in [1.807, 2.05) is 0 Å². The molecule has 0 heterocycles. The summed E-state index contributed by atoms with van der Waals surface area (Å²) in [5.74, 6) is -0.710. The molecule has 0 aromatic heterocycles. The van der Waals surface area contributed by atoms with E-state index in [-0.39, 0.29) is 0 Å². The molecule has 20 heavy (non-hydrogen) atoms. The molecule has 0 aliphatic rings. The maximum absolute atomic E-state index is 11.8. The van der Waals surface area contributed by atoms with Gasteiger partial charge in [0.1, 0.15) is 11.5 Å². The third-order valence-corrected chi connectivity index (χ3v) is 3.08. The molecule has 4 nitrogen and oxygen atoms in total. The van der Waals surface area contributed by atoms with Crippen molar-refractivity contribution in [1.29, 1.82) is 0 Å². The molecule has 2 aromatic carbocycles. The number of para-hydroxylation sites is 2. The van der Waals surface area contributed by atoms with Crippen molar-refractivity contribution in [1.82, 2.24) is 0 Å². The van der Waals surface area contributed by atoms with Gasteiger partial charge in [0.25, 0.3) is 0 Å². The Labute approximate surface area is 124 Å². The zero-order valence-corrected chi connectivity index (χ0v) is 11.9. The monoisotopic (exact) mass is 334 g/mol. The summed E-state index contributed by atoms with van der Waals surface area (Å²) in [4.78, 5) is 22.4. The lowest BCUT2D eigenvalue weighted by molar-refractivity contribution is -0.143. The third-order valence-electron chi connectivity index (χ3n) is 2.34. The zero-order valence-electron chi connectivity index (χ0n) is 10.4. The highest BCUT2D eigenvalue weighted by Gasteiger charge is 2.27. The SMILES string of the molecule is O=C(Oc1ccccc1)C(Br)C(=O)Oc1ccccc1. The van der Waals surface area contributed by atoms with Crippen molar-refractivity contribution in [2.45, 2.75) is 4.83 Å². The second kappa shape index (κ2) is 6.86. The van der Waals surface area contributed by atoms with Crippen molar-refractivity contribution in [3.8, 4) is 11.5 Å². The number of ether oxygens (including phenoxy) is 2. The van der Waals surface area contributed by atoms with Crippen LogP contribution in [0, 0.1) is 0 Å². The fourth-order valence-corrected chi connectivity index (χ4v) is 1.60. The van der Waals surface area contributed by atoms with E-state index < -0.39 is 16.8 Å². The topological polar surface area (TPSA) is 52.6 Å². The van der Waals surface area contributed by atoms with E-state index in [0.717, 1.165) is 0 Å². The quantitative estimate of drug-likeness (QED) is 0.373. The van der Waals surface area contributed by atoms with Crippen LogP contribution in [-0.4, -0.2) is 16.8 Å². The minimum absolute atomic E-state index is 0.370. The highest BCUT2D eigenvalue weighted by atomic mass is 79.9. The summed E-state index contributed by atoms with van der Waals surface area (Å²) in [5.41, 5.74) is 0. The number of rotatable bonds is 4. The van der Waals surface area contributed by atoms with Gasteiger partial charge in [-0.3, -0.25) is 0 Å². The fourth-order valence-electron chi connectivity index (χ4n) is 1.41. The average Bonchev–Trinajstić information content (AvgIpc) is 2.48. The lowest BCUT2D eigenvalue weighted by Crippen LogP contribution is -2.31. The van der Waals surface area contributed by atoms with Crippen LogP contribution >= 0.6 is 15.9 Å². The molecule has 0 spiro atoms. The standard InChI is InChI=1S/C15H11BrO4/c16-13(14(17)19-11-7-3-1-4-8-11)15(18)20-12-9-5-2-6-10-12/h1-10,13H. The van der Waals surface area contributed by atoms with Gasteiger partial charge < -0.3 is 9.47 Å². The summed E-state index contributed by atoms with van der Waals surface area (Å²) in [6.07, 6.45) is 0. The molecular formula is C15H11BrO4. The van der Waals surface area contributed by atoms with E-state index in [1.54, 1.807) is 60.7 Å². The van der Waals surface area contributed by atoms with E-state index >= 15 is 0 Å². The van der Waals surface area contributed by atoms with Crippen molar-refractivity contribution in [3.05, 3.63) is 60.7 Å². The molecule has 0 aliphatic heterocycles. The first-order valence-electron chi connectivity index (χ1n) is 5.84. The number of alkyl halides is 1. The van der Waals surface area contributed by atoms with Crippen LogP contribution in [0.2, 0.25) is 0 Å². The smallest absolute Gasteiger partial charge is 0.336 e. The van der Waals surface area contributed by atoms with E-state index in [0.29, 0.717) is 11.5 Å². The summed E-state index contributed by atoms with van der Waals surface area (Å²) in [6.45, 7) is 0. The van der Waals surface area contributed by atoms with Gasteiger partial charge in [0.2, 0.25) is 4.83 Å². The number of carbonyl (C=O) groups excluding carboxylic acids is 2. The van der Waals surface area contributed by atoms with Crippen LogP contribution in [0.25, 0.3) is 0 Å². The van der Waals surface area contributed by atoms with Crippen molar-refractivity contribution < 1.29 is 19.1 Å². The van der Waals surface area contributed by atoms with Crippen LogP contribution in [-0.2, 0) is 9.59 Å². The third kappa shape index (κ3) is 3.93. The van der Waals surface area contributed by atoms with Crippen LogP contribution in [0.5, 0.6) is 11.5 Å². The largest absolute Gasteiger partial charge is 0.425 e. The molecule has 0 saturated heterocycles. The molecule has 0 aliphatic carbocycles. The Morgan fingerprint density at radius 3 is 1.45 bits per heavy atom. The van der Waals surface area contributed by atoms with Crippen LogP contribution in [0.15, 0.2) is 60.7 Å². The lowest BCUT2D eigenvalue weighted by Gasteiger charge is -2.09. The molecule has 0 amide bonds. The minimum Gasteiger partial charge on any atom is -0.425 e. The van der Waals surface area contributed by atoms with Crippen molar-refractivity contribution in [3.63, 3.8) is 0 Å². The van der Waals surface area contributed by atoms with Gasteiger partial charge >= 0.3 is 11.9 Å². The minimum atomic E-state index is -1.18. The Morgan fingerprint density at radius 1 is 0.750 bits per heavy atom. The van der Waals surface area contributed by atoms with E-state index in [4.69, 9.17) is 9.47 Å². The molecule has 0 N–H and O–H groups in total. The fraction of sp³-hybridized carbons (Fsp3) is 0.0667. The van der Waals surface area contributed by atoms with Crippen LogP contribution in [0.3, 0.4) is 0 Å². The van der Waals surface area contributed by atoms with Crippen molar-refractivity contribution >= 4 is 27.9 Å². The molecule has 2 aromatic rings. The Hall–Kier alpha value is -2.14. The first-order chi connectivity index (χ1) is 9.66. The first kappa shape index (κ1) is 14.3. The molecule has 0 saturated carbocycles. The van der Waals surface area contributed by atoms with E-state index in [2.05, 4.69) is 15.9 Å². The summed E-state index contributed by atoms with van der Waals surface area (Å²) >= 11 is 2.97. The number of halogens is 1. The van der Waals surface area contributed by atoms with Gasteiger partial charge in [0.05, 0.1) is 0 Å². The Morgan fingerprint density at radius 2 is 1.10 bits per heavy atom. The maximum Gasteiger partial charge on any atom is 0.336 e. The van der Waals surface area contributed by atoms with Gasteiger partial charge in [0, 0.05) is 0 Å². The molecule has 0 atom stereocenters. The molecule has 102 valence electrons. The number of hydrogen-bond acceptors (Lipinski definition) is 4. The molecule has 0 radical (unpaired) electrons. The van der Waals surface area contributed by atoms with Gasteiger partial charge in [-0.15, -0.1) is 0 Å². The van der Waals surface area contributed by atoms with Crippen molar-refractivity contribution in [2.24, 2.45) is 0 Å². The van der Waals surface area contributed by atoms with Gasteiger partial charge in [-0.05, 0) is 24.3 Å². The highest BCUT2D eigenvalue weighted by molar-refractivity contribution is 9.10. The number of hydrogen-bond donors (Lipinski definition) is 0. The second-order valence-electron chi connectivity index (χ2n) is 3.83. The molecular weight excluding hydrogens is 324 g/mol. The van der Waals surface area contributed by atoms with Crippen LogP contribution in [0.4, 0.5) is 0 Å². The van der Waals surface area contributed by atoms with Gasteiger partial charge in [0.15, 0.2) is 0 Å². The molecule has 0 unspecified atom stereocenters. The van der Waals surface area contributed by atoms with E-state index in [9.17, 15) is 9.59 Å². The summed E-state index contributed by atoms with van der Waals surface area (Å²) in [7, 11) is 0. The van der Waals surface area contributed by atoms with Gasteiger partial charge in [-0.1, -0.05) is 52.3 Å². The average molecular weight is 335 g/mol. The maximum atomic E-state index is 11.8. The molecule has 0 fully saturated rings. The Bertz CT molecular complexity index is 530. The lowest BCUT2D eigenvalue weighted by atomic mass is 10.3. The number of esters is 2. The normalized spacial score (nSPS) is 10.1. The second-order valence-corrected chi connectivity index (χ2v) is 4.75. The van der Waals surface area contributed by atoms with E-state index in [1.165, 1.54) is 0 Å². The molecule has 5 heteroatoms. The van der Waals surface area contributed by atoms with Crippen LogP contribution in [0.1, 0.15) is 0 Å². The molecule has 0 bridgehead atoms. The first-order valence-corrected chi connectivity index (χ1v) is 6.76. The Balaban J connectivity index is 1.95. The molecule has 2 rings (SSSR count). The van der Waals surface area contributed by atoms with Crippen molar-refractivity contribution in [2.75, 3.05) is 0 Å². The number of benzene rings is 2. The zero-order chi connectivity index (χ0) is 14.4. The predicted molar refractivity (Wildman–Crippen MR) is 76.9 cm³/mol. The predicted octanol–water partition coefficient (Wildman–Crippen LogP) is 2.96. The Kier molecular flexibility index (Phi) is 4.90.